The van der Waals surface area contributed by atoms with E-state index >= 15 is 0 Å². The molecule has 2 rings (SSSR count). The first-order valence-corrected chi connectivity index (χ1v) is 7.46. The van der Waals surface area contributed by atoms with Crippen LogP contribution in [0, 0.1) is 5.41 Å². The van der Waals surface area contributed by atoms with Crippen LogP contribution in [0.25, 0.3) is 0 Å². The molecular weight excluding hydrogens is 242 g/mol. The highest BCUT2D eigenvalue weighted by molar-refractivity contribution is 6.30. The average Bonchev–Trinajstić information content (AvgIpc) is 2.38. The largest absolute Gasteiger partial charge is 0.310 e. The average molecular weight is 266 g/mol. The maximum absolute atomic E-state index is 5.92. The summed E-state index contributed by atoms with van der Waals surface area (Å²) >= 11 is 5.92. The van der Waals surface area contributed by atoms with E-state index in [9.17, 15) is 0 Å². The van der Waals surface area contributed by atoms with E-state index < -0.39 is 0 Å². The van der Waals surface area contributed by atoms with Gasteiger partial charge in [0.05, 0.1) is 0 Å². The summed E-state index contributed by atoms with van der Waals surface area (Å²) in [5.41, 5.74) is 1.82. The molecule has 18 heavy (non-hydrogen) atoms. The van der Waals surface area contributed by atoms with Crippen LogP contribution in [0.15, 0.2) is 24.3 Å². The topological polar surface area (TPSA) is 12.0 Å². The van der Waals surface area contributed by atoms with Gasteiger partial charge < -0.3 is 5.32 Å². The van der Waals surface area contributed by atoms with Crippen LogP contribution >= 0.6 is 11.6 Å². The van der Waals surface area contributed by atoms with Gasteiger partial charge in [-0.25, -0.2) is 0 Å². The Morgan fingerprint density at radius 2 is 1.78 bits per heavy atom. The maximum atomic E-state index is 5.92. The Hall–Kier alpha value is -0.530. The van der Waals surface area contributed by atoms with Crippen LogP contribution in [0.1, 0.15) is 57.6 Å². The van der Waals surface area contributed by atoms with Crippen LogP contribution < -0.4 is 5.32 Å². The second-order valence-corrected chi connectivity index (χ2v) is 6.46. The molecule has 0 bridgehead atoms. The van der Waals surface area contributed by atoms with Gasteiger partial charge in [-0.1, -0.05) is 49.9 Å². The fourth-order valence-corrected chi connectivity index (χ4v) is 2.98. The van der Waals surface area contributed by atoms with Gasteiger partial charge in [-0.05, 0) is 42.9 Å². The van der Waals surface area contributed by atoms with Crippen molar-refractivity contribution in [3.05, 3.63) is 34.9 Å². The molecule has 2 heteroatoms. The highest BCUT2D eigenvalue weighted by Crippen LogP contribution is 2.35. The lowest BCUT2D eigenvalue weighted by Crippen LogP contribution is -2.34. The molecule has 1 aromatic rings. The number of benzene rings is 1. The Balaban J connectivity index is 1.87. The van der Waals surface area contributed by atoms with Gasteiger partial charge in [0.1, 0.15) is 0 Å². The minimum Gasteiger partial charge on any atom is -0.310 e. The molecule has 1 nitrogen and oxygen atoms in total. The number of hydrogen-bond donors (Lipinski definition) is 1. The molecule has 1 N–H and O–H groups in total. The lowest BCUT2D eigenvalue weighted by atomic mass is 9.75. The number of nitrogens with one attached hydrogen (secondary N) is 1. The van der Waals surface area contributed by atoms with Crippen molar-refractivity contribution in [2.75, 3.05) is 6.54 Å². The summed E-state index contributed by atoms with van der Waals surface area (Å²) in [6.45, 7) is 5.78. The summed E-state index contributed by atoms with van der Waals surface area (Å²) in [6, 6.07) is 8.57. The zero-order chi connectivity index (χ0) is 13.0. The standard InChI is InChI=1S/C16H24ClN/c1-13(14-6-8-15(17)9-7-14)18-12-16(2)10-4-3-5-11-16/h6-9,13,18H,3-5,10-12H2,1-2H3. The van der Waals surface area contributed by atoms with Gasteiger partial charge in [0.15, 0.2) is 0 Å². The molecule has 0 radical (unpaired) electrons. The Kier molecular flexibility index (Phi) is 4.69. The van der Waals surface area contributed by atoms with Gasteiger partial charge in [0.2, 0.25) is 0 Å². The first-order valence-electron chi connectivity index (χ1n) is 7.08. The third-order valence-electron chi connectivity index (χ3n) is 4.27. The van der Waals surface area contributed by atoms with Crippen molar-refractivity contribution in [2.45, 2.75) is 52.0 Å². The van der Waals surface area contributed by atoms with E-state index in [4.69, 9.17) is 11.6 Å². The van der Waals surface area contributed by atoms with Crippen LogP contribution in [-0.4, -0.2) is 6.54 Å². The number of halogens is 1. The van der Waals surface area contributed by atoms with Gasteiger partial charge in [0, 0.05) is 17.6 Å². The van der Waals surface area contributed by atoms with Crippen LogP contribution in [-0.2, 0) is 0 Å². The third-order valence-corrected chi connectivity index (χ3v) is 4.52. The predicted octanol–water partition coefficient (Wildman–Crippen LogP) is 4.96. The molecule has 0 aromatic heterocycles. The van der Waals surface area contributed by atoms with Gasteiger partial charge in [-0.3, -0.25) is 0 Å². The first kappa shape index (κ1) is 13.9. The summed E-state index contributed by atoms with van der Waals surface area (Å²) in [5, 5.41) is 4.50. The zero-order valence-corrected chi connectivity index (χ0v) is 12.3. The van der Waals surface area contributed by atoms with E-state index in [1.54, 1.807) is 0 Å². The Morgan fingerprint density at radius 3 is 2.39 bits per heavy atom. The number of rotatable bonds is 4. The SMILES string of the molecule is CC(NCC1(C)CCCCC1)c1ccc(Cl)cc1. The van der Waals surface area contributed by atoms with Crippen LogP contribution in [0.4, 0.5) is 0 Å². The number of hydrogen-bond acceptors (Lipinski definition) is 1. The first-order chi connectivity index (χ1) is 8.59. The molecule has 1 fully saturated rings. The lowest BCUT2D eigenvalue weighted by molar-refractivity contribution is 0.202. The van der Waals surface area contributed by atoms with Crippen LogP contribution in [0.2, 0.25) is 5.02 Å². The molecule has 1 aliphatic rings. The second-order valence-electron chi connectivity index (χ2n) is 6.03. The molecule has 0 aliphatic heterocycles. The summed E-state index contributed by atoms with van der Waals surface area (Å²) in [7, 11) is 0. The van der Waals surface area contributed by atoms with E-state index in [0.29, 0.717) is 11.5 Å². The van der Waals surface area contributed by atoms with Crippen molar-refractivity contribution in [3.63, 3.8) is 0 Å². The second kappa shape index (κ2) is 6.08. The minimum atomic E-state index is 0.404. The van der Waals surface area contributed by atoms with Crippen molar-refractivity contribution in [1.29, 1.82) is 0 Å². The summed E-state index contributed by atoms with van der Waals surface area (Å²) < 4.78 is 0. The van der Waals surface area contributed by atoms with Crippen LogP contribution in [0.3, 0.4) is 0 Å². The Labute approximate surface area is 116 Å². The van der Waals surface area contributed by atoms with Gasteiger partial charge in [-0.2, -0.15) is 0 Å². The zero-order valence-electron chi connectivity index (χ0n) is 11.5. The monoisotopic (exact) mass is 265 g/mol. The molecular formula is C16H24ClN. The molecule has 100 valence electrons. The maximum Gasteiger partial charge on any atom is 0.0406 e. The Bertz CT molecular complexity index is 365. The predicted molar refractivity (Wildman–Crippen MR) is 79.1 cm³/mol. The molecule has 0 saturated heterocycles. The van der Waals surface area contributed by atoms with E-state index in [1.165, 1.54) is 37.7 Å². The summed E-state index contributed by atoms with van der Waals surface area (Å²) in [5.74, 6) is 0. The van der Waals surface area contributed by atoms with Gasteiger partial charge in [-0.15, -0.1) is 0 Å². The van der Waals surface area contributed by atoms with E-state index in [0.717, 1.165) is 11.6 Å². The van der Waals surface area contributed by atoms with Gasteiger partial charge >= 0.3 is 0 Å². The molecule has 0 spiro atoms. The van der Waals surface area contributed by atoms with Crippen molar-refractivity contribution in [3.8, 4) is 0 Å². The Morgan fingerprint density at radius 1 is 1.17 bits per heavy atom. The minimum absolute atomic E-state index is 0.404. The van der Waals surface area contributed by atoms with E-state index in [2.05, 4.69) is 31.3 Å². The lowest BCUT2D eigenvalue weighted by Gasteiger charge is -2.35. The van der Waals surface area contributed by atoms with E-state index in [-0.39, 0.29) is 0 Å². The highest BCUT2D eigenvalue weighted by Gasteiger charge is 2.26. The normalized spacial score (nSPS) is 20.6. The molecule has 1 unspecified atom stereocenters. The van der Waals surface area contributed by atoms with Crippen molar-refractivity contribution >= 4 is 11.6 Å². The fourth-order valence-electron chi connectivity index (χ4n) is 2.85. The van der Waals surface area contributed by atoms with Gasteiger partial charge in [0.25, 0.3) is 0 Å². The smallest absolute Gasteiger partial charge is 0.0406 e. The third kappa shape index (κ3) is 3.73. The summed E-state index contributed by atoms with van der Waals surface area (Å²) in [4.78, 5) is 0. The van der Waals surface area contributed by atoms with Crippen LogP contribution in [0.5, 0.6) is 0 Å². The van der Waals surface area contributed by atoms with E-state index in [1.807, 2.05) is 12.1 Å². The quantitative estimate of drug-likeness (QED) is 0.811. The highest BCUT2D eigenvalue weighted by atomic mass is 35.5. The fraction of sp³-hybridized carbons (Fsp3) is 0.625. The van der Waals surface area contributed by atoms with Crippen molar-refractivity contribution in [1.82, 2.24) is 5.32 Å². The molecule has 1 atom stereocenters. The molecule has 0 amide bonds. The van der Waals surface area contributed by atoms with Crippen molar-refractivity contribution < 1.29 is 0 Å². The summed E-state index contributed by atoms with van der Waals surface area (Å²) in [6.07, 6.45) is 6.95. The van der Waals surface area contributed by atoms with Crippen molar-refractivity contribution in [2.24, 2.45) is 5.41 Å². The molecule has 0 heterocycles. The molecule has 1 saturated carbocycles. The molecule has 1 aromatic carbocycles. The molecule has 1 aliphatic carbocycles.